The van der Waals surface area contributed by atoms with E-state index >= 15 is 0 Å². The number of aliphatic imine (C=N–C) groups is 1. The Morgan fingerprint density at radius 1 is 1.00 bits per heavy atom. The van der Waals surface area contributed by atoms with Crippen LogP contribution in [0.1, 0.15) is 29.2 Å². The third-order valence-corrected chi connectivity index (χ3v) is 9.18. The fraction of sp³-hybridized carbons (Fsp3) is 0.290. The molecule has 0 saturated carbocycles. The number of anilines is 1. The zero-order valence-corrected chi connectivity index (χ0v) is 26.2. The second-order valence-corrected chi connectivity index (χ2v) is 12.0. The molecule has 0 unspecified atom stereocenters. The molecule has 3 nitrogen and oxygen atoms in total. The van der Waals surface area contributed by atoms with Gasteiger partial charge < -0.3 is 10.2 Å². The minimum atomic E-state index is 0.641. The Morgan fingerprint density at radius 3 is 2.18 bits per heavy atom. The summed E-state index contributed by atoms with van der Waals surface area (Å²) < 4.78 is 0. The SMILES string of the molecule is C=C(SCC(=S)Nc1ccc(C)cc1)N(CCc1ccccc1)C(=NC)c1cc(SC)c(CC)c(SC)c1. The molecule has 0 amide bonds. The minimum Gasteiger partial charge on any atom is -0.349 e. The van der Waals surface area contributed by atoms with Crippen LogP contribution in [-0.4, -0.2) is 47.6 Å². The predicted octanol–water partition coefficient (Wildman–Crippen LogP) is 8.57. The molecule has 0 aromatic heterocycles. The normalized spacial score (nSPS) is 11.3. The van der Waals surface area contributed by atoms with Crippen LogP contribution in [0.2, 0.25) is 0 Å². The van der Waals surface area contributed by atoms with Crippen LogP contribution < -0.4 is 5.32 Å². The van der Waals surface area contributed by atoms with Crippen molar-refractivity contribution in [2.45, 2.75) is 36.5 Å². The number of hydrogen-bond acceptors (Lipinski definition) is 5. The third kappa shape index (κ3) is 8.40. The molecular weight excluding hydrogens is 543 g/mol. The number of benzene rings is 3. The number of nitrogens with one attached hydrogen (secondary N) is 1. The average molecular weight is 580 g/mol. The molecule has 200 valence electrons. The van der Waals surface area contributed by atoms with Crippen molar-refractivity contribution in [3.05, 3.63) is 101 Å². The lowest BCUT2D eigenvalue weighted by Crippen LogP contribution is -2.32. The second kappa shape index (κ2) is 15.4. The summed E-state index contributed by atoms with van der Waals surface area (Å²) in [4.78, 5) is 10.4. The lowest BCUT2D eigenvalue weighted by Gasteiger charge is -2.29. The van der Waals surface area contributed by atoms with E-state index in [1.165, 1.54) is 26.5 Å². The molecule has 38 heavy (non-hydrogen) atoms. The summed E-state index contributed by atoms with van der Waals surface area (Å²) in [5.74, 6) is 1.57. The van der Waals surface area contributed by atoms with E-state index in [-0.39, 0.29) is 0 Å². The molecule has 0 bridgehead atoms. The quantitative estimate of drug-likeness (QED) is 0.1000. The first-order valence-corrected chi connectivity index (χ1v) is 16.5. The first-order chi connectivity index (χ1) is 18.4. The van der Waals surface area contributed by atoms with Gasteiger partial charge in [-0.3, -0.25) is 4.99 Å². The van der Waals surface area contributed by atoms with E-state index in [9.17, 15) is 0 Å². The molecule has 3 rings (SSSR count). The maximum atomic E-state index is 5.67. The van der Waals surface area contributed by atoms with Crippen molar-refractivity contribution < 1.29 is 0 Å². The number of amidine groups is 1. The van der Waals surface area contributed by atoms with Gasteiger partial charge in [-0.1, -0.05) is 73.7 Å². The van der Waals surface area contributed by atoms with E-state index in [0.29, 0.717) is 5.75 Å². The molecule has 0 aliphatic carbocycles. The topological polar surface area (TPSA) is 27.6 Å². The van der Waals surface area contributed by atoms with Crippen LogP contribution in [0, 0.1) is 6.92 Å². The summed E-state index contributed by atoms with van der Waals surface area (Å²) in [6, 6.07) is 23.4. The van der Waals surface area contributed by atoms with Gasteiger partial charge in [-0.05, 0) is 67.7 Å². The molecule has 0 aliphatic rings. The molecule has 0 fully saturated rings. The van der Waals surface area contributed by atoms with E-state index in [4.69, 9.17) is 17.2 Å². The van der Waals surface area contributed by atoms with Gasteiger partial charge in [-0.15, -0.1) is 35.3 Å². The van der Waals surface area contributed by atoms with Crippen LogP contribution >= 0.6 is 47.5 Å². The predicted molar refractivity (Wildman–Crippen MR) is 178 cm³/mol. The molecular formula is C31H37N3S4. The highest BCUT2D eigenvalue weighted by Gasteiger charge is 2.20. The van der Waals surface area contributed by atoms with Crippen molar-refractivity contribution in [3.8, 4) is 0 Å². The van der Waals surface area contributed by atoms with Gasteiger partial charge in [0.2, 0.25) is 0 Å². The molecule has 1 N–H and O–H groups in total. The summed E-state index contributed by atoms with van der Waals surface area (Å²) in [5.41, 5.74) is 6.05. The molecule has 0 saturated heterocycles. The molecule has 3 aromatic rings. The van der Waals surface area contributed by atoms with Crippen LogP contribution in [-0.2, 0) is 12.8 Å². The van der Waals surface area contributed by atoms with Crippen LogP contribution in [0.15, 0.2) is 93.1 Å². The molecule has 0 spiro atoms. The lowest BCUT2D eigenvalue weighted by atomic mass is 10.1. The Kier molecular flexibility index (Phi) is 12.3. The van der Waals surface area contributed by atoms with Gasteiger partial charge >= 0.3 is 0 Å². The standard InChI is InChI=1S/C31H37N3S4/c1-7-27-28(36-5)19-25(20-29(27)37-6)31(32-4)34(18-17-24-11-9-8-10-12-24)23(3)38-21-30(35)33-26-15-13-22(2)14-16-26/h8-16,19-20H,3,7,17-18,21H2,1-2,4-6H3,(H,33,35). The second-order valence-electron chi connectivity index (χ2n) is 8.74. The van der Waals surface area contributed by atoms with Crippen molar-refractivity contribution in [2.24, 2.45) is 4.99 Å². The highest BCUT2D eigenvalue weighted by molar-refractivity contribution is 8.04. The highest BCUT2D eigenvalue weighted by atomic mass is 32.2. The maximum Gasteiger partial charge on any atom is 0.135 e. The van der Waals surface area contributed by atoms with E-state index < -0.39 is 0 Å². The fourth-order valence-electron chi connectivity index (χ4n) is 4.16. The molecule has 3 aromatic carbocycles. The van der Waals surface area contributed by atoms with Crippen molar-refractivity contribution in [1.29, 1.82) is 0 Å². The monoisotopic (exact) mass is 579 g/mol. The van der Waals surface area contributed by atoms with Crippen LogP contribution in [0.25, 0.3) is 0 Å². The van der Waals surface area contributed by atoms with E-state index in [2.05, 4.69) is 110 Å². The molecule has 0 radical (unpaired) electrons. The summed E-state index contributed by atoms with van der Waals surface area (Å²) in [6.45, 7) is 9.56. The highest BCUT2D eigenvalue weighted by Crippen LogP contribution is 2.33. The number of hydrogen-bond donors (Lipinski definition) is 1. The summed E-state index contributed by atoms with van der Waals surface area (Å²) in [5, 5.41) is 4.29. The smallest absolute Gasteiger partial charge is 0.135 e. The van der Waals surface area contributed by atoms with Gasteiger partial charge in [-0.25, -0.2) is 0 Å². The molecule has 7 heteroatoms. The summed E-state index contributed by atoms with van der Waals surface area (Å²) in [6.07, 6.45) is 6.20. The third-order valence-electron chi connectivity index (χ3n) is 6.16. The number of nitrogens with zero attached hydrogens (tertiary/aromatic N) is 2. The van der Waals surface area contributed by atoms with Gasteiger partial charge in [0.1, 0.15) is 5.84 Å². The van der Waals surface area contributed by atoms with Crippen molar-refractivity contribution in [2.75, 3.05) is 37.2 Å². The van der Waals surface area contributed by atoms with Crippen molar-refractivity contribution in [1.82, 2.24) is 4.90 Å². The van der Waals surface area contributed by atoms with Crippen LogP contribution in [0.5, 0.6) is 0 Å². The first-order valence-electron chi connectivity index (χ1n) is 12.6. The Balaban J connectivity index is 1.84. The summed E-state index contributed by atoms with van der Waals surface area (Å²) >= 11 is 10.9. The lowest BCUT2D eigenvalue weighted by molar-refractivity contribution is 0.547. The van der Waals surface area contributed by atoms with Gasteiger partial charge in [0.25, 0.3) is 0 Å². The number of thiocarbonyl (C=S) groups is 1. The fourth-order valence-corrected chi connectivity index (χ4v) is 6.72. The zero-order valence-electron chi connectivity index (χ0n) is 22.9. The first kappa shape index (κ1) is 30.4. The number of thioether (sulfide) groups is 3. The Labute approximate surface area is 247 Å². The van der Waals surface area contributed by atoms with Gasteiger partial charge in [-0.2, -0.15) is 0 Å². The van der Waals surface area contributed by atoms with E-state index in [1.54, 1.807) is 35.3 Å². The Morgan fingerprint density at radius 2 is 1.63 bits per heavy atom. The van der Waals surface area contributed by atoms with Crippen LogP contribution in [0.4, 0.5) is 5.69 Å². The van der Waals surface area contributed by atoms with Crippen molar-refractivity contribution in [3.63, 3.8) is 0 Å². The zero-order chi connectivity index (χ0) is 27.5. The largest absolute Gasteiger partial charge is 0.349 e. The van der Waals surface area contributed by atoms with Crippen LogP contribution in [0.3, 0.4) is 0 Å². The molecule has 0 aliphatic heterocycles. The van der Waals surface area contributed by atoms with E-state index in [1.807, 2.05) is 7.05 Å². The van der Waals surface area contributed by atoms with Gasteiger partial charge in [0.05, 0.1) is 15.8 Å². The Bertz CT molecular complexity index is 1230. The van der Waals surface area contributed by atoms with Gasteiger partial charge in [0.15, 0.2) is 0 Å². The average Bonchev–Trinajstić information content (AvgIpc) is 2.94. The molecule has 0 heterocycles. The van der Waals surface area contributed by atoms with Crippen molar-refractivity contribution >= 4 is 64.0 Å². The summed E-state index contributed by atoms with van der Waals surface area (Å²) in [7, 11) is 1.87. The molecule has 0 atom stereocenters. The minimum absolute atomic E-state index is 0.641. The maximum absolute atomic E-state index is 5.67. The van der Waals surface area contributed by atoms with E-state index in [0.717, 1.165) is 46.5 Å². The Hall–Kier alpha value is -2.19. The number of rotatable bonds is 12. The number of aryl methyl sites for hydroxylation is 1. The van der Waals surface area contributed by atoms with Gasteiger partial charge in [0, 0.05) is 34.6 Å².